The Labute approximate surface area is 164 Å². The Morgan fingerprint density at radius 3 is 2.79 bits per heavy atom. The minimum absolute atomic E-state index is 0.0502. The Hall–Kier alpha value is -2.42. The molecule has 3 heterocycles. The molecule has 2 aromatic rings. The highest BCUT2D eigenvalue weighted by Gasteiger charge is 2.43. The number of amides is 1. The normalized spacial score (nSPS) is 23.8. The third kappa shape index (κ3) is 4.04. The number of nitrogens with zero attached hydrogens (tertiary/aromatic N) is 4. The average molecular weight is 386 g/mol. The van der Waals surface area contributed by atoms with Crippen LogP contribution in [0, 0.1) is 0 Å². The molecule has 2 aliphatic heterocycles. The molecule has 1 spiro atoms. The SMILES string of the molecule is COc1ccc(CN2CCOC[C@]3(C2)CN(c2cnn(C)c2)C(=O)CO3)cc1. The van der Waals surface area contributed by atoms with Crippen molar-refractivity contribution in [3.63, 3.8) is 0 Å². The van der Waals surface area contributed by atoms with E-state index >= 15 is 0 Å². The topological polar surface area (TPSA) is 69.1 Å². The van der Waals surface area contributed by atoms with Gasteiger partial charge in [-0.05, 0) is 17.7 Å². The number of anilines is 1. The molecule has 0 saturated carbocycles. The number of morpholine rings is 1. The number of rotatable bonds is 4. The minimum Gasteiger partial charge on any atom is -0.497 e. The zero-order chi connectivity index (χ0) is 19.6. The maximum atomic E-state index is 12.4. The molecule has 0 radical (unpaired) electrons. The predicted molar refractivity (Wildman–Crippen MR) is 103 cm³/mol. The Morgan fingerprint density at radius 2 is 2.07 bits per heavy atom. The van der Waals surface area contributed by atoms with Crippen molar-refractivity contribution in [1.82, 2.24) is 14.7 Å². The molecule has 1 amide bonds. The first-order valence-electron chi connectivity index (χ1n) is 9.43. The van der Waals surface area contributed by atoms with Crippen LogP contribution in [0.1, 0.15) is 5.56 Å². The molecule has 4 rings (SSSR count). The van der Waals surface area contributed by atoms with E-state index in [1.54, 1.807) is 22.9 Å². The molecule has 0 bridgehead atoms. The van der Waals surface area contributed by atoms with Gasteiger partial charge < -0.3 is 19.1 Å². The van der Waals surface area contributed by atoms with E-state index in [9.17, 15) is 4.79 Å². The summed E-state index contributed by atoms with van der Waals surface area (Å²) >= 11 is 0. The highest BCUT2D eigenvalue weighted by molar-refractivity contribution is 5.95. The zero-order valence-corrected chi connectivity index (χ0v) is 16.3. The molecule has 150 valence electrons. The molecule has 8 nitrogen and oxygen atoms in total. The second kappa shape index (κ2) is 7.90. The van der Waals surface area contributed by atoms with Crippen molar-refractivity contribution in [2.75, 3.05) is 51.5 Å². The monoisotopic (exact) mass is 386 g/mol. The minimum atomic E-state index is -0.549. The first-order chi connectivity index (χ1) is 13.6. The fourth-order valence-corrected chi connectivity index (χ4v) is 3.79. The van der Waals surface area contributed by atoms with E-state index in [-0.39, 0.29) is 12.5 Å². The Bertz CT molecular complexity index is 822. The first-order valence-corrected chi connectivity index (χ1v) is 9.43. The Balaban J connectivity index is 1.49. The molecule has 1 aromatic heterocycles. The molecule has 0 unspecified atom stereocenters. The molecule has 0 N–H and O–H groups in total. The largest absolute Gasteiger partial charge is 0.497 e. The lowest BCUT2D eigenvalue weighted by Gasteiger charge is -2.42. The summed E-state index contributed by atoms with van der Waals surface area (Å²) in [5.74, 6) is 0.797. The molecule has 2 aliphatic rings. The van der Waals surface area contributed by atoms with Crippen molar-refractivity contribution in [3.05, 3.63) is 42.2 Å². The third-order valence-corrected chi connectivity index (χ3v) is 5.25. The maximum absolute atomic E-state index is 12.4. The van der Waals surface area contributed by atoms with E-state index in [2.05, 4.69) is 22.1 Å². The van der Waals surface area contributed by atoms with Gasteiger partial charge in [-0.3, -0.25) is 14.4 Å². The smallest absolute Gasteiger partial charge is 0.253 e. The highest BCUT2D eigenvalue weighted by atomic mass is 16.6. The van der Waals surface area contributed by atoms with E-state index in [4.69, 9.17) is 14.2 Å². The average Bonchev–Trinajstić information content (AvgIpc) is 3.04. The summed E-state index contributed by atoms with van der Waals surface area (Å²) in [5, 5.41) is 4.19. The van der Waals surface area contributed by atoms with Crippen LogP contribution in [0.2, 0.25) is 0 Å². The first kappa shape index (κ1) is 18.9. The molecule has 0 aliphatic carbocycles. The number of ether oxygens (including phenoxy) is 3. The number of carbonyl (C=O) groups excluding carboxylic acids is 1. The van der Waals surface area contributed by atoms with Gasteiger partial charge in [0.1, 0.15) is 18.0 Å². The van der Waals surface area contributed by atoms with Crippen molar-refractivity contribution in [1.29, 1.82) is 0 Å². The number of methoxy groups -OCH3 is 1. The lowest BCUT2D eigenvalue weighted by atomic mass is 10.0. The van der Waals surface area contributed by atoms with Gasteiger partial charge in [0.15, 0.2) is 0 Å². The lowest BCUT2D eigenvalue weighted by Crippen LogP contribution is -2.60. The van der Waals surface area contributed by atoms with Gasteiger partial charge in [-0.2, -0.15) is 5.10 Å². The van der Waals surface area contributed by atoms with Gasteiger partial charge in [-0.1, -0.05) is 12.1 Å². The fourth-order valence-electron chi connectivity index (χ4n) is 3.79. The number of benzene rings is 1. The highest BCUT2D eigenvalue weighted by Crippen LogP contribution is 2.27. The van der Waals surface area contributed by atoms with Crippen molar-refractivity contribution in [2.24, 2.45) is 7.05 Å². The summed E-state index contributed by atoms with van der Waals surface area (Å²) in [6.07, 6.45) is 3.56. The molecule has 8 heteroatoms. The van der Waals surface area contributed by atoms with E-state index in [1.807, 2.05) is 25.4 Å². The number of carbonyl (C=O) groups is 1. The molecule has 2 saturated heterocycles. The third-order valence-electron chi connectivity index (χ3n) is 5.25. The number of aryl methyl sites for hydroxylation is 1. The summed E-state index contributed by atoms with van der Waals surface area (Å²) in [6, 6.07) is 8.09. The van der Waals surface area contributed by atoms with Crippen molar-refractivity contribution >= 4 is 11.6 Å². The lowest BCUT2D eigenvalue weighted by molar-refractivity contribution is -0.146. The molecular weight excluding hydrogens is 360 g/mol. The summed E-state index contributed by atoms with van der Waals surface area (Å²) in [4.78, 5) is 16.5. The van der Waals surface area contributed by atoms with Crippen LogP contribution in [-0.4, -0.2) is 72.8 Å². The number of aromatic nitrogens is 2. The summed E-state index contributed by atoms with van der Waals surface area (Å²) in [6.45, 7) is 3.92. The van der Waals surface area contributed by atoms with Crippen molar-refractivity contribution in [2.45, 2.75) is 12.1 Å². The molecular formula is C20H26N4O4. The van der Waals surface area contributed by atoms with Crippen LogP contribution in [0.15, 0.2) is 36.7 Å². The molecule has 2 fully saturated rings. The van der Waals surface area contributed by atoms with Gasteiger partial charge >= 0.3 is 0 Å². The second-order valence-electron chi connectivity index (χ2n) is 7.44. The number of hydrogen-bond acceptors (Lipinski definition) is 6. The van der Waals surface area contributed by atoms with E-state index in [0.29, 0.717) is 26.3 Å². The van der Waals surface area contributed by atoms with Gasteiger partial charge in [0.2, 0.25) is 0 Å². The van der Waals surface area contributed by atoms with Gasteiger partial charge in [0, 0.05) is 32.9 Å². The second-order valence-corrected chi connectivity index (χ2v) is 7.44. The van der Waals surface area contributed by atoms with Crippen molar-refractivity contribution in [3.8, 4) is 5.75 Å². The van der Waals surface area contributed by atoms with Crippen LogP contribution in [0.3, 0.4) is 0 Å². The van der Waals surface area contributed by atoms with Crippen LogP contribution in [0.25, 0.3) is 0 Å². The van der Waals surface area contributed by atoms with Crippen LogP contribution in [0.4, 0.5) is 5.69 Å². The summed E-state index contributed by atoms with van der Waals surface area (Å²) in [5.41, 5.74) is 1.45. The summed E-state index contributed by atoms with van der Waals surface area (Å²) in [7, 11) is 3.51. The van der Waals surface area contributed by atoms with Crippen LogP contribution < -0.4 is 9.64 Å². The maximum Gasteiger partial charge on any atom is 0.253 e. The fraction of sp³-hybridized carbons (Fsp3) is 0.500. The van der Waals surface area contributed by atoms with Gasteiger partial charge in [-0.25, -0.2) is 0 Å². The summed E-state index contributed by atoms with van der Waals surface area (Å²) < 4.78 is 18.9. The van der Waals surface area contributed by atoms with Gasteiger partial charge in [0.25, 0.3) is 5.91 Å². The van der Waals surface area contributed by atoms with E-state index in [0.717, 1.165) is 24.5 Å². The number of hydrogen-bond donors (Lipinski definition) is 0. The molecule has 1 aromatic carbocycles. The van der Waals surface area contributed by atoms with Crippen LogP contribution >= 0.6 is 0 Å². The zero-order valence-electron chi connectivity index (χ0n) is 16.3. The van der Waals surface area contributed by atoms with Gasteiger partial charge in [-0.15, -0.1) is 0 Å². The quantitative estimate of drug-likeness (QED) is 0.783. The van der Waals surface area contributed by atoms with E-state index < -0.39 is 5.60 Å². The van der Waals surface area contributed by atoms with Gasteiger partial charge in [0.05, 0.1) is 38.8 Å². The van der Waals surface area contributed by atoms with Crippen molar-refractivity contribution < 1.29 is 19.0 Å². The Kier molecular flexibility index (Phi) is 5.34. The standard InChI is InChI=1S/C20H26N4O4/c1-22-11-17(9-21-22)24-14-20(28-12-19(24)25)13-23(7-8-27-15-20)10-16-3-5-18(26-2)6-4-16/h3-6,9,11H,7-8,10,12-15H2,1-2H3/t20-/m0/s1. The molecule has 1 atom stereocenters. The Morgan fingerprint density at radius 1 is 1.25 bits per heavy atom. The van der Waals surface area contributed by atoms with Crippen LogP contribution in [-0.2, 0) is 27.9 Å². The molecule has 28 heavy (non-hydrogen) atoms. The predicted octanol–water partition coefficient (Wildman–Crippen LogP) is 1.06. The van der Waals surface area contributed by atoms with E-state index in [1.165, 1.54) is 5.56 Å². The van der Waals surface area contributed by atoms with Crippen LogP contribution in [0.5, 0.6) is 5.75 Å².